The van der Waals surface area contributed by atoms with E-state index in [2.05, 4.69) is 5.43 Å². The van der Waals surface area contributed by atoms with Crippen molar-refractivity contribution in [1.29, 1.82) is 0 Å². The number of thiocarbonyl (C=S) groups is 1. The van der Waals surface area contributed by atoms with Crippen LogP contribution in [0.1, 0.15) is 11.1 Å². The number of aryl methyl sites for hydroxylation is 1. The molecule has 0 radical (unpaired) electrons. The summed E-state index contributed by atoms with van der Waals surface area (Å²) in [5.74, 6) is 0. The summed E-state index contributed by atoms with van der Waals surface area (Å²) in [7, 11) is 3.84. The van der Waals surface area contributed by atoms with Crippen LogP contribution in [0.5, 0.6) is 0 Å². The second-order valence-corrected chi connectivity index (χ2v) is 3.86. The van der Waals surface area contributed by atoms with Crippen LogP contribution < -0.4 is 11.2 Å². The highest BCUT2D eigenvalue weighted by atomic mass is 32.1. The molecule has 1 aromatic rings. The molecular weight excluding hydrogens is 194 g/mol. The fourth-order valence-electron chi connectivity index (χ4n) is 1.21. The predicted octanol–water partition coefficient (Wildman–Crippen LogP) is 1.52. The maximum Gasteiger partial charge on any atom is 0.106 e. The smallest absolute Gasteiger partial charge is 0.106 e. The second kappa shape index (κ2) is 4.39. The van der Waals surface area contributed by atoms with Crippen LogP contribution in [-0.2, 0) is 0 Å². The van der Waals surface area contributed by atoms with Gasteiger partial charge in [-0.15, -0.1) is 0 Å². The minimum absolute atomic E-state index is 0.411. The van der Waals surface area contributed by atoms with Crippen molar-refractivity contribution in [2.45, 2.75) is 6.92 Å². The van der Waals surface area contributed by atoms with Gasteiger partial charge in [0.1, 0.15) is 4.99 Å². The molecule has 0 heterocycles. The van der Waals surface area contributed by atoms with Crippen molar-refractivity contribution in [3.63, 3.8) is 0 Å². The monoisotopic (exact) mass is 209 g/mol. The molecule has 0 aliphatic rings. The Kier molecular flexibility index (Phi) is 3.43. The molecule has 0 aromatic heterocycles. The lowest BCUT2D eigenvalue weighted by Gasteiger charge is -2.17. The van der Waals surface area contributed by atoms with E-state index < -0.39 is 0 Å². The first-order valence-corrected chi connectivity index (χ1v) is 4.76. The van der Waals surface area contributed by atoms with E-state index in [0.29, 0.717) is 4.99 Å². The molecule has 0 saturated heterocycles. The number of hydrazine groups is 1. The lowest BCUT2D eigenvalue weighted by Crippen LogP contribution is -2.22. The van der Waals surface area contributed by atoms with Crippen LogP contribution in [0, 0.1) is 6.92 Å². The first-order valence-electron chi connectivity index (χ1n) is 4.35. The van der Waals surface area contributed by atoms with Crippen LogP contribution in [0.4, 0.5) is 5.69 Å². The highest BCUT2D eigenvalue weighted by Crippen LogP contribution is 2.17. The standard InChI is InChI=1S/C10H15N3S/c1-7-4-5-8(10(11)14)9(6-7)12-13(2)3/h4-6,12H,1-3H3,(H2,11,14). The first-order chi connectivity index (χ1) is 6.50. The Morgan fingerprint density at radius 3 is 2.57 bits per heavy atom. The third-order valence-corrected chi connectivity index (χ3v) is 2.00. The van der Waals surface area contributed by atoms with E-state index >= 15 is 0 Å². The maximum atomic E-state index is 5.61. The van der Waals surface area contributed by atoms with Gasteiger partial charge in [0, 0.05) is 19.7 Å². The van der Waals surface area contributed by atoms with E-state index in [-0.39, 0.29) is 0 Å². The van der Waals surface area contributed by atoms with Crippen LogP contribution >= 0.6 is 12.2 Å². The van der Waals surface area contributed by atoms with Crippen LogP contribution in [0.3, 0.4) is 0 Å². The zero-order valence-corrected chi connectivity index (χ0v) is 9.48. The normalized spacial score (nSPS) is 10.3. The fraction of sp³-hybridized carbons (Fsp3) is 0.300. The minimum Gasteiger partial charge on any atom is -0.389 e. The molecule has 0 atom stereocenters. The number of hydrogen-bond acceptors (Lipinski definition) is 3. The van der Waals surface area contributed by atoms with E-state index in [4.69, 9.17) is 18.0 Å². The summed E-state index contributed by atoms with van der Waals surface area (Å²) in [6.45, 7) is 2.03. The van der Waals surface area contributed by atoms with Gasteiger partial charge >= 0.3 is 0 Å². The summed E-state index contributed by atoms with van der Waals surface area (Å²) in [5.41, 5.74) is 11.8. The van der Waals surface area contributed by atoms with Gasteiger partial charge in [-0.25, -0.2) is 5.01 Å². The van der Waals surface area contributed by atoms with Gasteiger partial charge in [-0.05, 0) is 24.6 Å². The number of nitrogens with two attached hydrogens (primary N) is 1. The molecule has 0 aliphatic heterocycles. The first kappa shape index (κ1) is 10.9. The lowest BCUT2D eigenvalue weighted by molar-refractivity contribution is 0.495. The van der Waals surface area contributed by atoms with Crippen molar-refractivity contribution < 1.29 is 0 Å². The fourth-order valence-corrected chi connectivity index (χ4v) is 1.38. The van der Waals surface area contributed by atoms with Gasteiger partial charge in [0.25, 0.3) is 0 Å². The zero-order valence-electron chi connectivity index (χ0n) is 8.66. The van der Waals surface area contributed by atoms with Crippen molar-refractivity contribution >= 4 is 22.9 Å². The number of anilines is 1. The molecule has 0 aliphatic carbocycles. The quantitative estimate of drug-likeness (QED) is 0.585. The molecule has 3 nitrogen and oxygen atoms in total. The van der Waals surface area contributed by atoms with E-state index in [1.165, 1.54) is 5.56 Å². The van der Waals surface area contributed by atoms with Crippen LogP contribution in [0.2, 0.25) is 0 Å². The number of rotatable bonds is 3. The van der Waals surface area contributed by atoms with E-state index in [0.717, 1.165) is 11.3 Å². The molecule has 1 aromatic carbocycles. The van der Waals surface area contributed by atoms with Gasteiger partial charge in [-0.3, -0.25) is 0 Å². The Morgan fingerprint density at radius 2 is 2.07 bits per heavy atom. The van der Waals surface area contributed by atoms with Gasteiger partial charge in [-0.2, -0.15) is 0 Å². The summed E-state index contributed by atoms with van der Waals surface area (Å²) < 4.78 is 0. The highest BCUT2D eigenvalue weighted by molar-refractivity contribution is 7.80. The van der Waals surface area contributed by atoms with Gasteiger partial charge in [-0.1, -0.05) is 18.3 Å². The third kappa shape index (κ3) is 2.68. The van der Waals surface area contributed by atoms with Gasteiger partial charge in [0.2, 0.25) is 0 Å². The molecule has 0 saturated carbocycles. The van der Waals surface area contributed by atoms with Gasteiger partial charge < -0.3 is 11.2 Å². The average Bonchev–Trinajstić information content (AvgIpc) is 2.01. The molecule has 0 spiro atoms. The van der Waals surface area contributed by atoms with Crippen molar-refractivity contribution in [3.05, 3.63) is 29.3 Å². The molecule has 3 N–H and O–H groups in total. The van der Waals surface area contributed by atoms with E-state index in [9.17, 15) is 0 Å². The Labute approximate surface area is 89.9 Å². The number of nitrogens with one attached hydrogen (secondary N) is 1. The minimum atomic E-state index is 0.411. The summed E-state index contributed by atoms with van der Waals surface area (Å²) in [6.07, 6.45) is 0. The van der Waals surface area contributed by atoms with E-state index in [1.807, 2.05) is 44.2 Å². The SMILES string of the molecule is Cc1ccc(C(N)=S)c(NN(C)C)c1. The van der Waals surface area contributed by atoms with E-state index in [1.54, 1.807) is 0 Å². The van der Waals surface area contributed by atoms with Crippen LogP contribution in [-0.4, -0.2) is 24.1 Å². The average molecular weight is 209 g/mol. The Morgan fingerprint density at radius 1 is 1.43 bits per heavy atom. The van der Waals surface area contributed by atoms with Gasteiger partial charge in [0.05, 0.1) is 5.69 Å². The van der Waals surface area contributed by atoms with Crippen molar-refractivity contribution in [1.82, 2.24) is 5.01 Å². The summed E-state index contributed by atoms with van der Waals surface area (Å²) in [5, 5.41) is 1.86. The lowest BCUT2D eigenvalue weighted by atomic mass is 10.1. The molecule has 0 amide bonds. The third-order valence-electron chi connectivity index (χ3n) is 1.78. The number of nitrogens with zero attached hydrogens (tertiary/aromatic N) is 1. The zero-order chi connectivity index (χ0) is 10.7. The molecule has 76 valence electrons. The Bertz CT molecular complexity index is 347. The van der Waals surface area contributed by atoms with Crippen molar-refractivity contribution in [2.24, 2.45) is 5.73 Å². The highest BCUT2D eigenvalue weighted by Gasteiger charge is 2.05. The maximum absolute atomic E-state index is 5.61. The Balaban J connectivity index is 3.09. The van der Waals surface area contributed by atoms with Crippen molar-refractivity contribution in [3.8, 4) is 0 Å². The molecule has 4 heteroatoms. The summed E-state index contributed by atoms with van der Waals surface area (Å²) in [6, 6.07) is 5.95. The molecule has 14 heavy (non-hydrogen) atoms. The summed E-state index contributed by atoms with van der Waals surface area (Å²) >= 11 is 4.96. The van der Waals surface area contributed by atoms with Crippen molar-refractivity contribution in [2.75, 3.05) is 19.5 Å². The molecule has 0 unspecified atom stereocenters. The number of hydrogen-bond donors (Lipinski definition) is 2. The summed E-state index contributed by atoms with van der Waals surface area (Å²) in [4.78, 5) is 0.411. The molecule has 1 rings (SSSR count). The second-order valence-electron chi connectivity index (χ2n) is 3.42. The van der Waals surface area contributed by atoms with Gasteiger partial charge in [0.15, 0.2) is 0 Å². The largest absolute Gasteiger partial charge is 0.389 e. The molecule has 0 bridgehead atoms. The van der Waals surface area contributed by atoms with Crippen LogP contribution in [0.25, 0.3) is 0 Å². The number of benzene rings is 1. The molecular formula is C10H15N3S. The topological polar surface area (TPSA) is 41.3 Å². The van der Waals surface area contributed by atoms with Crippen LogP contribution in [0.15, 0.2) is 18.2 Å². The Hall–Kier alpha value is -1.13. The molecule has 0 fully saturated rings. The predicted molar refractivity (Wildman–Crippen MR) is 64.4 cm³/mol.